The van der Waals surface area contributed by atoms with Gasteiger partial charge in [0.25, 0.3) is 0 Å². The molecule has 0 amide bonds. The standard InChI is InChI=1S/C24H17N2.C13H24O2.Ir/c1-15-11-16(2)13-19(12-15)23-21-10-9-18-8-7-17-5-3-4-6-20(17)22(18)24(21)26-14-25-23;1-7-12(3,4)10(14)9-11(15)13(5,6)8-2;/h3-12,14H,1-2H3;9,14H,7-8H2,1-6H3;/q-1;;/b;10-9-;. The Kier molecular flexibility index (Phi) is 10.5. The predicted molar refractivity (Wildman–Crippen MR) is 172 cm³/mol. The van der Waals surface area contributed by atoms with Crippen molar-refractivity contribution in [2.45, 2.75) is 68.2 Å². The number of aryl methyl sites for hydroxylation is 2. The molecule has 0 bridgehead atoms. The zero-order chi connectivity index (χ0) is 29.9. The zero-order valence-corrected chi connectivity index (χ0v) is 28.3. The van der Waals surface area contributed by atoms with E-state index in [-0.39, 0.29) is 42.5 Å². The molecular formula is C37H41IrN2O2-. The van der Waals surface area contributed by atoms with Gasteiger partial charge in [-0.15, -0.1) is 34.9 Å². The molecule has 1 N–H and O–H groups in total. The fourth-order valence-corrected chi connectivity index (χ4v) is 4.73. The summed E-state index contributed by atoms with van der Waals surface area (Å²) in [6, 6.07) is 24.8. The van der Waals surface area contributed by atoms with Gasteiger partial charge in [-0.05, 0) is 40.1 Å². The number of hydrogen-bond donors (Lipinski definition) is 1. The van der Waals surface area contributed by atoms with Gasteiger partial charge in [-0.3, -0.25) is 9.78 Å². The molecule has 5 rings (SSSR count). The molecule has 0 fully saturated rings. The van der Waals surface area contributed by atoms with Crippen LogP contribution < -0.4 is 0 Å². The number of allylic oxidation sites excluding steroid dienone is 2. The van der Waals surface area contributed by atoms with Crippen LogP contribution in [0.15, 0.2) is 78.8 Å². The molecule has 0 aliphatic carbocycles. The zero-order valence-electron chi connectivity index (χ0n) is 25.9. The van der Waals surface area contributed by atoms with Gasteiger partial charge in [0, 0.05) is 42.4 Å². The molecule has 4 nitrogen and oxygen atoms in total. The van der Waals surface area contributed by atoms with Gasteiger partial charge in [0.15, 0.2) is 5.78 Å². The topological polar surface area (TPSA) is 63.1 Å². The molecule has 0 aliphatic heterocycles. The summed E-state index contributed by atoms with van der Waals surface area (Å²) in [7, 11) is 0. The molecule has 42 heavy (non-hydrogen) atoms. The molecule has 0 spiro atoms. The van der Waals surface area contributed by atoms with Crippen molar-refractivity contribution in [2.75, 3.05) is 0 Å². The first kappa shape index (κ1) is 33.1. The average Bonchev–Trinajstić information content (AvgIpc) is 2.96. The molecule has 0 unspecified atom stereocenters. The first-order valence-electron chi connectivity index (χ1n) is 14.4. The van der Waals surface area contributed by atoms with E-state index in [1.54, 1.807) is 6.33 Å². The molecule has 1 aromatic heterocycles. The van der Waals surface area contributed by atoms with Gasteiger partial charge in [-0.2, -0.15) is 0 Å². The molecule has 1 heterocycles. The van der Waals surface area contributed by atoms with Crippen molar-refractivity contribution in [3.8, 4) is 11.3 Å². The van der Waals surface area contributed by atoms with Crippen molar-refractivity contribution >= 4 is 38.2 Å². The Labute approximate surface area is 263 Å². The minimum absolute atomic E-state index is 0. The molecule has 1 radical (unpaired) electrons. The first-order chi connectivity index (χ1) is 19.4. The number of rotatable bonds is 6. The van der Waals surface area contributed by atoms with Crippen molar-refractivity contribution in [3.63, 3.8) is 0 Å². The van der Waals surface area contributed by atoms with E-state index in [4.69, 9.17) is 0 Å². The molecule has 0 atom stereocenters. The minimum Gasteiger partial charge on any atom is -0.512 e. The Bertz CT molecular complexity index is 1750. The van der Waals surface area contributed by atoms with Gasteiger partial charge in [0.2, 0.25) is 0 Å². The van der Waals surface area contributed by atoms with Crippen LogP contribution in [0.4, 0.5) is 0 Å². The largest absolute Gasteiger partial charge is 0.512 e. The monoisotopic (exact) mass is 738 g/mol. The summed E-state index contributed by atoms with van der Waals surface area (Å²) >= 11 is 0. The van der Waals surface area contributed by atoms with Crippen LogP contribution in [0.25, 0.3) is 43.7 Å². The smallest absolute Gasteiger partial charge is 0.164 e. The minimum atomic E-state index is -0.377. The number of benzene rings is 4. The van der Waals surface area contributed by atoms with Crippen LogP contribution in [-0.4, -0.2) is 20.9 Å². The van der Waals surface area contributed by atoms with Gasteiger partial charge < -0.3 is 5.11 Å². The van der Waals surface area contributed by atoms with Crippen LogP contribution in [0.3, 0.4) is 0 Å². The molecule has 0 saturated heterocycles. The van der Waals surface area contributed by atoms with Crippen LogP contribution >= 0.6 is 0 Å². The Balaban J connectivity index is 0.000000263. The van der Waals surface area contributed by atoms with Crippen molar-refractivity contribution in [1.29, 1.82) is 0 Å². The molecule has 4 aromatic carbocycles. The molecule has 221 valence electrons. The second-order valence-corrected chi connectivity index (χ2v) is 12.2. The normalized spacial score (nSPS) is 12.1. The van der Waals surface area contributed by atoms with Crippen molar-refractivity contribution in [3.05, 3.63) is 96.0 Å². The summed E-state index contributed by atoms with van der Waals surface area (Å²) in [6.45, 7) is 15.8. The van der Waals surface area contributed by atoms with E-state index in [2.05, 4.69) is 90.5 Å². The summed E-state index contributed by atoms with van der Waals surface area (Å²) < 4.78 is 0. The third-order valence-electron chi connectivity index (χ3n) is 8.31. The molecular weight excluding hydrogens is 697 g/mol. The summed E-state index contributed by atoms with van der Waals surface area (Å²) in [5.41, 5.74) is 4.62. The van der Waals surface area contributed by atoms with Gasteiger partial charge in [-0.25, -0.2) is 4.98 Å². The van der Waals surface area contributed by atoms with E-state index >= 15 is 0 Å². The number of carbonyl (C=O) groups is 1. The Morgan fingerprint density at radius 1 is 0.857 bits per heavy atom. The Morgan fingerprint density at radius 3 is 2.17 bits per heavy atom. The number of aliphatic hydroxyl groups is 1. The van der Waals surface area contributed by atoms with Crippen LogP contribution in [0, 0.1) is 30.7 Å². The molecule has 5 heteroatoms. The maximum Gasteiger partial charge on any atom is 0.164 e. The summed E-state index contributed by atoms with van der Waals surface area (Å²) in [5, 5.41) is 15.8. The second-order valence-electron chi connectivity index (χ2n) is 12.2. The number of hydrogen-bond acceptors (Lipinski definition) is 4. The van der Waals surface area contributed by atoms with Crippen LogP contribution in [0.5, 0.6) is 0 Å². The number of aliphatic hydroxyl groups excluding tert-OH is 1. The third kappa shape index (κ3) is 6.97. The number of ketones is 1. The fourth-order valence-electron chi connectivity index (χ4n) is 4.73. The van der Waals surface area contributed by atoms with Crippen molar-refractivity contribution in [2.24, 2.45) is 10.8 Å². The van der Waals surface area contributed by atoms with Gasteiger partial charge >= 0.3 is 0 Å². The van der Waals surface area contributed by atoms with E-state index in [0.29, 0.717) is 0 Å². The van der Waals surface area contributed by atoms with Crippen molar-refractivity contribution in [1.82, 2.24) is 9.97 Å². The number of nitrogens with zero attached hydrogens (tertiary/aromatic N) is 2. The van der Waals surface area contributed by atoms with Gasteiger partial charge in [0.05, 0.1) is 5.52 Å². The van der Waals surface area contributed by atoms with E-state index < -0.39 is 0 Å². The Morgan fingerprint density at radius 2 is 1.50 bits per heavy atom. The van der Waals surface area contributed by atoms with Crippen LogP contribution in [0.1, 0.15) is 65.5 Å². The number of carbonyl (C=O) groups excluding carboxylic acids is 1. The summed E-state index contributed by atoms with van der Waals surface area (Å²) in [4.78, 5) is 21.1. The SMILES string of the molecule is CCC(C)(C)C(=O)/C=C(\O)C(C)(C)CC.Cc1[c-]c(-c2ncnc3c2ccc2ccc4ccccc4c23)cc(C)c1.[Ir]. The molecule has 0 saturated carbocycles. The van der Waals surface area contributed by atoms with Crippen LogP contribution in [-0.2, 0) is 24.9 Å². The number of fused-ring (bicyclic) bond motifs is 5. The summed E-state index contributed by atoms with van der Waals surface area (Å²) in [5.74, 6) is 0.195. The average molecular weight is 738 g/mol. The quantitative estimate of drug-likeness (QED) is 0.0816. The first-order valence-corrected chi connectivity index (χ1v) is 14.4. The van der Waals surface area contributed by atoms with Crippen LogP contribution in [0.2, 0.25) is 0 Å². The fraction of sp³-hybridized carbons (Fsp3) is 0.324. The Hall–Kier alpha value is -3.40. The predicted octanol–water partition coefficient (Wildman–Crippen LogP) is 9.89. The van der Waals surface area contributed by atoms with E-state index in [0.717, 1.165) is 40.6 Å². The van der Waals surface area contributed by atoms with E-state index in [1.807, 2.05) is 41.5 Å². The molecule has 5 aromatic rings. The van der Waals surface area contributed by atoms with E-state index in [9.17, 15) is 9.90 Å². The third-order valence-corrected chi connectivity index (χ3v) is 8.31. The molecule has 0 aliphatic rings. The van der Waals surface area contributed by atoms with Crippen molar-refractivity contribution < 1.29 is 30.0 Å². The number of aromatic nitrogens is 2. The van der Waals surface area contributed by atoms with Gasteiger partial charge in [-0.1, -0.05) is 104 Å². The maximum atomic E-state index is 11.8. The van der Waals surface area contributed by atoms with E-state index in [1.165, 1.54) is 33.2 Å². The maximum absolute atomic E-state index is 11.8. The summed E-state index contributed by atoms with van der Waals surface area (Å²) in [6.07, 6.45) is 4.66. The van der Waals surface area contributed by atoms with Gasteiger partial charge in [0.1, 0.15) is 12.1 Å². The second kappa shape index (κ2) is 13.3.